The van der Waals surface area contributed by atoms with Crippen molar-refractivity contribution in [3.05, 3.63) is 59.5 Å². The van der Waals surface area contributed by atoms with Gasteiger partial charge in [-0.15, -0.1) is 5.10 Å². The van der Waals surface area contributed by atoms with E-state index in [2.05, 4.69) is 20.5 Å². The molecule has 0 radical (unpaired) electrons. The Morgan fingerprint density at radius 1 is 1.24 bits per heavy atom. The largest absolute Gasteiger partial charge is 0.442 e. The van der Waals surface area contributed by atoms with Crippen molar-refractivity contribution in [1.82, 2.24) is 25.1 Å². The predicted molar refractivity (Wildman–Crippen MR) is 87.8 cm³/mol. The standard InChI is InChI=1S/C17H19N5O3/c1-11-18-15(25-20-11)14(12-8-6-5-7-9-12)24-16(23)13-10-22(21-19-13)17(2,3)4/h5-10,14H,1-4H3. The molecule has 1 atom stereocenters. The number of hydrogen-bond acceptors (Lipinski definition) is 7. The fraction of sp³-hybridized carbons (Fsp3) is 0.353. The van der Waals surface area contributed by atoms with Gasteiger partial charge in [0.25, 0.3) is 5.89 Å². The van der Waals surface area contributed by atoms with Crippen LogP contribution in [-0.2, 0) is 10.3 Å². The average molecular weight is 341 g/mol. The molecule has 2 heterocycles. The minimum Gasteiger partial charge on any atom is -0.442 e. The Morgan fingerprint density at radius 3 is 2.52 bits per heavy atom. The van der Waals surface area contributed by atoms with Crippen LogP contribution in [0.1, 0.15) is 54.6 Å². The second-order valence-electron chi connectivity index (χ2n) is 6.60. The summed E-state index contributed by atoms with van der Waals surface area (Å²) in [6, 6.07) is 9.20. The Kier molecular flexibility index (Phi) is 4.35. The van der Waals surface area contributed by atoms with Gasteiger partial charge < -0.3 is 9.26 Å². The fourth-order valence-electron chi connectivity index (χ4n) is 2.16. The van der Waals surface area contributed by atoms with Gasteiger partial charge in [0, 0.05) is 5.56 Å². The van der Waals surface area contributed by atoms with E-state index in [1.807, 2.05) is 51.1 Å². The van der Waals surface area contributed by atoms with Crippen molar-refractivity contribution in [3.8, 4) is 0 Å². The topological polar surface area (TPSA) is 95.9 Å². The molecule has 0 aliphatic heterocycles. The van der Waals surface area contributed by atoms with E-state index < -0.39 is 12.1 Å². The van der Waals surface area contributed by atoms with Crippen molar-refractivity contribution in [2.75, 3.05) is 0 Å². The van der Waals surface area contributed by atoms with Crippen LogP contribution in [0.25, 0.3) is 0 Å². The van der Waals surface area contributed by atoms with Gasteiger partial charge in [0.05, 0.1) is 11.7 Å². The summed E-state index contributed by atoms with van der Waals surface area (Å²) < 4.78 is 12.4. The van der Waals surface area contributed by atoms with Crippen LogP contribution < -0.4 is 0 Å². The third-order valence-corrected chi connectivity index (χ3v) is 3.48. The number of ether oxygens (including phenoxy) is 1. The number of benzene rings is 1. The first-order chi connectivity index (χ1) is 11.8. The van der Waals surface area contributed by atoms with Crippen LogP contribution in [0.5, 0.6) is 0 Å². The number of nitrogens with zero attached hydrogens (tertiary/aromatic N) is 5. The number of carbonyl (C=O) groups excluding carboxylic acids is 1. The van der Waals surface area contributed by atoms with Gasteiger partial charge in [0.1, 0.15) is 0 Å². The van der Waals surface area contributed by atoms with Crippen molar-refractivity contribution >= 4 is 5.97 Å². The molecule has 0 spiro atoms. The van der Waals surface area contributed by atoms with Crippen LogP contribution in [0.2, 0.25) is 0 Å². The number of aromatic nitrogens is 5. The Morgan fingerprint density at radius 2 is 1.96 bits per heavy atom. The summed E-state index contributed by atoms with van der Waals surface area (Å²) in [6.07, 6.45) is 0.749. The van der Waals surface area contributed by atoms with Crippen LogP contribution in [-0.4, -0.2) is 31.1 Å². The van der Waals surface area contributed by atoms with E-state index in [1.165, 1.54) is 0 Å². The van der Waals surface area contributed by atoms with E-state index in [4.69, 9.17) is 9.26 Å². The zero-order chi connectivity index (χ0) is 18.0. The van der Waals surface area contributed by atoms with Gasteiger partial charge in [-0.25, -0.2) is 9.48 Å². The molecule has 0 saturated carbocycles. The van der Waals surface area contributed by atoms with Crippen LogP contribution in [0.15, 0.2) is 41.1 Å². The van der Waals surface area contributed by atoms with Gasteiger partial charge in [0.2, 0.25) is 6.10 Å². The molecule has 2 aromatic heterocycles. The first-order valence-corrected chi connectivity index (χ1v) is 7.83. The molecule has 25 heavy (non-hydrogen) atoms. The quantitative estimate of drug-likeness (QED) is 0.673. The minimum absolute atomic E-state index is 0.118. The lowest BCUT2D eigenvalue weighted by molar-refractivity contribution is 0.0307. The zero-order valence-electron chi connectivity index (χ0n) is 14.5. The molecule has 8 nitrogen and oxygen atoms in total. The summed E-state index contributed by atoms with van der Waals surface area (Å²) in [5.41, 5.74) is 0.559. The highest BCUT2D eigenvalue weighted by molar-refractivity contribution is 5.87. The van der Waals surface area contributed by atoms with Crippen LogP contribution in [0, 0.1) is 6.92 Å². The van der Waals surface area contributed by atoms with Gasteiger partial charge in [-0.1, -0.05) is 40.7 Å². The van der Waals surface area contributed by atoms with E-state index in [1.54, 1.807) is 17.8 Å². The summed E-state index contributed by atoms with van der Waals surface area (Å²) >= 11 is 0. The van der Waals surface area contributed by atoms with E-state index in [0.29, 0.717) is 5.82 Å². The van der Waals surface area contributed by atoms with Crippen LogP contribution in [0.4, 0.5) is 0 Å². The first-order valence-electron chi connectivity index (χ1n) is 7.83. The molecule has 0 aliphatic carbocycles. The summed E-state index contributed by atoms with van der Waals surface area (Å²) in [5.74, 6) is 0.0612. The minimum atomic E-state index is -0.810. The molecule has 0 bridgehead atoms. The second-order valence-corrected chi connectivity index (χ2v) is 6.60. The van der Waals surface area contributed by atoms with Crippen molar-refractivity contribution in [1.29, 1.82) is 0 Å². The molecule has 8 heteroatoms. The zero-order valence-corrected chi connectivity index (χ0v) is 14.5. The maximum Gasteiger partial charge on any atom is 0.361 e. The molecule has 0 saturated heterocycles. The highest BCUT2D eigenvalue weighted by atomic mass is 16.6. The maximum atomic E-state index is 12.5. The van der Waals surface area contributed by atoms with Gasteiger partial charge in [-0.3, -0.25) is 0 Å². The molecule has 1 aromatic carbocycles. The Bertz CT molecular complexity index is 864. The molecule has 0 fully saturated rings. The fourth-order valence-corrected chi connectivity index (χ4v) is 2.16. The Hall–Kier alpha value is -3.03. The van der Waals surface area contributed by atoms with Crippen molar-refractivity contribution in [2.24, 2.45) is 0 Å². The smallest absolute Gasteiger partial charge is 0.361 e. The van der Waals surface area contributed by atoms with E-state index in [0.717, 1.165) is 5.56 Å². The number of esters is 1. The van der Waals surface area contributed by atoms with Crippen molar-refractivity contribution < 1.29 is 14.1 Å². The number of rotatable bonds is 4. The molecule has 130 valence electrons. The maximum absolute atomic E-state index is 12.5. The van der Waals surface area contributed by atoms with E-state index in [-0.39, 0.29) is 17.1 Å². The highest BCUT2D eigenvalue weighted by Gasteiger charge is 2.27. The molecule has 0 N–H and O–H groups in total. The van der Waals surface area contributed by atoms with E-state index in [9.17, 15) is 4.79 Å². The van der Waals surface area contributed by atoms with Gasteiger partial charge in [0.15, 0.2) is 11.5 Å². The monoisotopic (exact) mass is 341 g/mol. The highest BCUT2D eigenvalue weighted by Crippen LogP contribution is 2.26. The lowest BCUT2D eigenvalue weighted by Gasteiger charge is -2.17. The molecule has 1 unspecified atom stereocenters. The molecule has 3 rings (SSSR count). The van der Waals surface area contributed by atoms with E-state index >= 15 is 0 Å². The van der Waals surface area contributed by atoms with Crippen molar-refractivity contribution in [3.63, 3.8) is 0 Å². The molecule has 3 aromatic rings. The van der Waals surface area contributed by atoms with Gasteiger partial charge in [-0.05, 0) is 27.7 Å². The molecule has 0 amide bonds. The van der Waals surface area contributed by atoms with Gasteiger partial charge in [-0.2, -0.15) is 4.98 Å². The third-order valence-electron chi connectivity index (χ3n) is 3.48. The average Bonchev–Trinajstić information content (AvgIpc) is 3.22. The number of hydrogen-bond donors (Lipinski definition) is 0. The number of aryl methyl sites for hydroxylation is 1. The summed E-state index contributed by atoms with van der Waals surface area (Å²) in [7, 11) is 0. The summed E-state index contributed by atoms with van der Waals surface area (Å²) in [4.78, 5) is 16.7. The van der Waals surface area contributed by atoms with Crippen LogP contribution >= 0.6 is 0 Å². The summed E-state index contributed by atoms with van der Waals surface area (Å²) in [6.45, 7) is 7.59. The summed E-state index contributed by atoms with van der Waals surface area (Å²) in [5, 5.41) is 11.6. The van der Waals surface area contributed by atoms with Gasteiger partial charge >= 0.3 is 5.97 Å². The third kappa shape index (κ3) is 3.73. The van der Waals surface area contributed by atoms with Crippen molar-refractivity contribution in [2.45, 2.75) is 39.3 Å². The normalized spacial score (nSPS) is 12.8. The number of carbonyl (C=O) groups is 1. The second kappa shape index (κ2) is 6.46. The lowest BCUT2D eigenvalue weighted by atomic mass is 10.1. The predicted octanol–water partition coefficient (Wildman–Crippen LogP) is 2.67. The lowest BCUT2D eigenvalue weighted by Crippen LogP contribution is -2.22. The van der Waals surface area contributed by atoms with Crippen LogP contribution in [0.3, 0.4) is 0 Å². The molecular formula is C17H19N5O3. The molecule has 0 aliphatic rings. The SMILES string of the molecule is Cc1noc(C(OC(=O)c2cn(C(C)(C)C)nn2)c2ccccc2)n1. The Labute approximate surface area is 144 Å². The first kappa shape index (κ1) is 16.8. The Balaban J connectivity index is 1.88. The molecular weight excluding hydrogens is 322 g/mol.